The summed E-state index contributed by atoms with van der Waals surface area (Å²) < 4.78 is 11.8. The van der Waals surface area contributed by atoms with Gasteiger partial charge in [0.2, 0.25) is 6.79 Å². The molecule has 0 amide bonds. The molecule has 0 radical (unpaired) electrons. The van der Waals surface area contributed by atoms with Gasteiger partial charge in [-0.15, -0.1) is 0 Å². The third-order valence-corrected chi connectivity index (χ3v) is 3.69. The van der Waals surface area contributed by atoms with E-state index in [2.05, 4.69) is 38.3 Å². The molecule has 0 bridgehead atoms. The lowest BCUT2D eigenvalue weighted by molar-refractivity contribution is 0.173. The fourth-order valence-corrected chi connectivity index (χ4v) is 2.84. The molecule has 0 atom stereocenters. The second kappa shape index (κ2) is 4.84. The number of halogens is 1. The van der Waals surface area contributed by atoms with Crippen LogP contribution in [-0.2, 0) is 6.54 Å². The van der Waals surface area contributed by atoms with Crippen molar-refractivity contribution in [2.24, 2.45) is 0 Å². The van der Waals surface area contributed by atoms with E-state index >= 15 is 0 Å². The molecular weight excluding hydrogens is 284 g/mol. The highest BCUT2D eigenvalue weighted by molar-refractivity contribution is 9.10. The Labute approximate surface area is 109 Å². The third-order valence-electron chi connectivity index (χ3n) is 3.10. The lowest BCUT2D eigenvalue weighted by Gasteiger charge is -2.27. The maximum atomic E-state index is 5.43. The maximum Gasteiger partial charge on any atom is 0.231 e. The number of ether oxygens (including phenoxy) is 2. The topological polar surface area (TPSA) is 33.7 Å². The standard InChI is InChI=1S/C12H15BrN2O2/c13-10-5-9(6-11-12(10)17-8-16-11)7-15-3-1-14-2-4-15/h5-6,14H,1-4,7-8H2. The summed E-state index contributed by atoms with van der Waals surface area (Å²) in [5.74, 6) is 1.68. The Morgan fingerprint density at radius 3 is 2.88 bits per heavy atom. The van der Waals surface area contributed by atoms with E-state index < -0.39 is 0 Å². The lowest BCUT2D eigenvalue weighted by Crippen LogP contribution is -2.42. The number of hydrogen-bond donors (Lipinski definition) is 1. The summed E-state index contributed by atoms with van der Waals surface area (Å²) in [6.07, 6.45) is 0. The average Bonchev–Trinajstić information content (AvgIpc) is 2.79. The van der Waals surface area contributed by atoms with E-state index in [0.717, 1.165) is 48.7 Å². The van der Waals surface area contributed by atoms with Gasteiger partial charge < -0.3 is 14.8 Å². The summed E-state index contributed by atoms with van der Waals surface area (Å²) in [6, 6.07) is 4.20. The number of nitrogens with one attached hydrogen (secondary N) is 1. The van der Waals surface area contributed by atoms with Crippen LogP contribution in [0.3, 0.4) is 0 Å². The molecule has 3 rings (SSSR count). The number of nitrogens with zero attached hydrogens (tertiary/aromatic N) is 1. The molecule has 0 aromatic heterocycles. The molecule has 2 heterocycles. The van der Waals surface area contributed by atoms with Gasteiger partial charge in [-0.25, -0.2) is 0 Å². The summed E-state index contributed by atoms with van der Waals surface area (Å²) in [6.45, 7) is 5.65. The van der Waals surface area contributed by atoms with Crippen LogP contribution in [0.2, 0.25) is 0 Å². The Morgan fingerprint density at radius 2 is 2.06 bits per heavy atom. The number of fused-ring (bicyclic) bond motifs is 1. The van der Waals surface area contributed by atoms with Crippen LogP contribution in [-0.4, -0.2) is 37.9 Å². The zero-order chi connectivity index (χ0) is 11.7. The van der Waals surface area contributed by atoms with Crippen LogP contribution in [0.25, 0.3) is 0 Å². The van der Waals surface area contributed by atoms with E-state index in [-0.39, 0.29) is 0 Å². The van der Waals surface area contributed by atoms with Crippen LogP contribution < -0.4 is 14.8 Å². The van der Waals surface area contributed by atoms with Crippen molar-refractivity contribution in [2.75, 3.05) is 33.0 Å². The van der Waals surface area contributed by atoms with Crippen LogP contribution >= 0.6 is 15.9 Å². The Morgan fingerprint density at radius 1 is 1.24 bits per heavy atom. The van der Waals surface area contributed by atoms with E-state index in [4.69, 9.17) is 9.47 Å². The SMILES string of the molecule is Brc1cc(CN2CCNCC2)cc2c1OCO2. The minimum absolute atomic E-state index is 0.324. The minimum atomic E-state index is 0.324. The Balaban J connectivity index is 1.76. The number of rotatable bonds is 2. The molecule has 0 spiro atoms. The van der Waals surface area contributed by atoms with Crippen LogP contribution in [0.15, 0.2) is 16.6 Å². The smallest absolute Gasteiger partial charge is 0.231 e. The van der Waals surface area contributed by atoms with Gasteiger partial charge >= 0.3 is 0 Å². The molecule has 1 aromatic carbocycles. The molecule has 2 aliphatic rings. The highest BCUT2D eigenvalue weighted by Gasteiger charge is 2.19. The fourth-order valence-electron chi connectivity index (χ4n) is 2.24. The van der Waals surface area contributed by atoms with Gasteiger partial charge in [0.05, 0.1) is 4.47 Å². The largest absolute Gasteiger partial charge is 0.454 e. The molecule has 1 fully saturated rings. The van der Waals surface area contributed by atoms with Gasteiger partial charge in [-0.2, -0.15) is 0 Å². The fraction of sp³-hybridized carbons (Fsp3) is 0.500. The van der Waals surface area contributed by atoms with Gasteiger partial charge in [-0.05, 0) is 33.6 Å². The molecule has 0 unspecified atom stereocenters. The first-order valence-electron chi connectivity index (χ1n) is 5.84. The Hall–Kier alpha value is -0.780. The van der Waals surface area contributed by atoms with E-state index in [1.54, 1.807) is 0 Å². The van der Waals surface area contributed by atoms with Gasteiger partial charge in [-0.3, -0.25) is 4.90 Å². The first-order valence-corrected chi connectivity index (χ1v) is 6.63. The quantitative estimate of drug-likeness (QED) is 0.899. The molecular formula is C12H15BrN2O2. The van der Waals surface area contributed by atoms with Crippen molar-refractivity contribution in [3.05, 3.63) is 22.2 Å². The second-order valence-electron chi connectivity index (χ2n) is 4.34. The third kappa shape index (κ3) is 2.41. The van der Waals surface area contributed by atoms with Crippen molar-refractivity contribution < 1.29 is 9.47 Å². The molecule has 0 saturated carbocycles. The van der Waals surface area contributed by atoms with E-state index in [9.17, 15) is 0 Å². The van der Waals surface area contributed by atoms with Gasteiger partial charge in [0, 0.05) is 32.7 Å². The average molecular weight is 299 g/mol. The summed E-state index contributed by atoms with van der Waals surface area (Å²) >= 11 is 3.53. The highest BCUT2D eigenvalue weighted by atomic mass is 79.9. The van der Waals surface area contributed by atoms with E-state index in [1.807, 2.05) is 0 Å². The summed E-state index contributed by atoms with van der Waals surface area (Å²) in [5.41, 5.74) is 1.27. The normalized spacial score (nSPS) is 19.6. The van der Waals surface area contributed by atoms with Crippen molar-refractivity contribution in [3.63, 3.8) is 0 Å². The van der Waals surface area contributed by atoms with Crippen molar-refractivity contribution in [1.82, 2.24) is 10.2 Å². The van der Waals surface area contributed by atoms with Crippen LogP contribution in [0.5, 0.6) is 11.5 Å². The zero-order valence-electron chi connectivity index (χ0n) is 9.54. The first-order chi connectivity index (χ1) is 8.33. The molecule has 2 aliphatic heterocycles. The number of hydrogen-bond acceptors (Lipinski definition) is 4. The minimum Gasteiger partial charge on any atom is -0.454 e. The molecule has 17 heavy (non-hydrogen) atoms. The highest BCUT2D eigenvalue weighted by Crippen LogP contribution is 2.40. The lowest BCUT2D eigenvalue weighted by atomic mass is 10.2. The monoisotopic (exact) mass is 298 g/mol. The maximum absolute atomic E-state index is 5.43. The molecule has 1 saturated heterocycles. The van der Waals surface area contributed by atoms with Crippen LogP contribution in [0, 0.1) is 0 Å². The zero-order valence-corrected chi connectivity index (χ0v) is 11.1. The summed E-state index contributed by atoms with van der Waals surface area (Å²) in [4.78, 5) is 2.44. The first kappa shape index (κ1) is 11.3. The van der Waals surface area contributed by atoms with Crippen LogP contribution in [0.1, 0.15) is 5.56 Å². The number of piperazine rings is 1. The predicted octanol–water partition coefficient (Wildman–Crippen LogP) is 1.58. The predicted molar refractivity (Wildman–Crippen MR) is 68.4 cm³/mol. The van der Waals surface area contributed by atoms with Crippen molar-refractivity contribution in [1.29, 1.82) is 0 Å². The molecule has 4 nitrogen and oxygen atoms in total. The Kier molecular flexibility index (Phi) is 3.22. The number of benzene rings is 1. The summed E-state index contributed by atoms with van der Waals surface area (Å²) in [7, 11) is 0. The van der Waals surface area contributed by atoms with Gasteiger partial charge in [0.1, 0.15) is 0 Å². The molecule has 92 valence electrons. The van der Waals surface area contributed by atoms with Gasteiger partial charge in [-0.1, -0.05) is 0 Å². The molecule has 1 N–H and O–H groups in total. The second-order valence-corrected chi connectivity index (χ2v) is 5.19. The molecule has 1 aromatic rings. The molecule has 0 aliphatic carbocycles. The van der Waals surface area contributed by atoms with Crippen molar-refractivity contribution in [2.45, 2.75) is 6.54 Å². The van der Waals surface area contributed by atoms with Crippen LogP contribution in [0.4, 0.5) is 0 Å². The van der Waals surface area contributed by atoms with Gasteiger partial charge in [0.15, 0.2) is 11.5 Å². The summed E-state index contributed by atoms with van der Waals surface area (Å²) in [5, 5.41) is 3.36. The molecule has 5 heteroatoms. The van der Waals surface area contributed by atoms with Gasteiger partial charge in [0.25, 0.3) is 0 Å². The van der Waals surface area contributed by atoms with Crippen molar-refractivity contribution in [3.8, 4) is 11.5 Å². The van der Waals surface area contributed by atoms with Crippen molar-refractivity contribution >= 4 is 15.9 Å². The van der Waals surface area contributed by atoms with E-state index in [0.29, 0.717) is 6.79 Å². The Bertz CT molecular complexity index is 419. The van der Waals surface area contributed by atoms with E-state index in [1.165, 1.54) is 5.56 Å².